The van der Waals surface area contributed by atoms with Crippen LogP contribution in [0.5, 0.6) is 0 Å². The number of rotatable bonds is 4. The van der Waals surface area contributed by atoms with E-state index in [2.05, 4.69) is 4.98 Å². The van der Waals surface area contributed by atoms with Crippen LogP contribution in [0.1, 0.15) is 25.1 Å². The average Bonchev–Trinajstić information content (AvgIpc) is 3.00. The Hall–Kier alpha value is -1.37. The Kier molecular flexibility index (Phi) is 2.96. The number of imidazole rings is 1. The van der Waals surface area contributed by atoms with Crippen molar-refractivity contribution in [3.8, 4) is 0 Å². The fourth-order valence-corrected chi connectivity index (χ4v) is 1.87. The van der Waals surface area contributed by atoms with Crippen molar-refractivity contribution < 1.29 is 23.1 Å². The van der Waals surface area contributed by atoms with Gasteiger partial charge in [0.15, 0.2) is 5.82 Å². The van der Waals surface area contributed by atoms with Crippen molar-refractivity contribution in [2.24, 2.45) is 13.0 Å². The van der Waals surface area contributed by atoms with Gasteiger partial charge in [-0.25, -0.2) is 4.98 Å². The molecule has 1 heterocycles. The molecule has 2 rings (SSSR count). The average molecular weight is 262 g/mol. The summed E-state index contributed by atoms with van der Waals surface area (Å²) < 4.78 is 40.2. The number of alkyl halides is 3. The Morgan fingerprint density at radius 3 is 2.56 bits per heavy atom. The van der Waals surface area contributed by atoms with Gasteiger partial charge in [-0.05, 0) is 12.8 Å². The zero-order chi connectivity index (χ0) is 13.6. The number of hydrogen-bond donors (Lipinski definition) is 1. The maximum absolute atomic E-state index is 13.0. The lowest BCUT2D eigenvalue weighted by molar-refractivity contribution is -0.271. The first-order valence-corrected chi connectivity index (χ1v) is 5.55. The molecule has 0 spiro atoms. The summed E-state index contributed by atoms with van der Waals surface area (Å²) >= 11 is 0. The second-order valence-corrected chi connectivity index (χ2v) is 4.64. The number of nitrogens with zero attached hydrogens (tertiary/aromatic N) is 2. The molecule has 1 saturated carbocycles. The normalized spacial score (nSPS) is 19.6. The Balaban J connectivity index is 2.34. The van der Waals surface area contributed by atoms with Crippen LogP contribution in [0.15, 0.2) is 12.4 Å². The van der Waals surface area contributed by atoms with Crippen LogP contribution in [-0.2, 0) is 17.4 Å². The van der Waals surface area contributed by atoms with Gasteiger partial charge in [0, 0.05) is 25.4 Å². The highest BCUT2D eigenvalue weighted by molar-refractivity contribution is 5.84. The number of aromatic nitrogens is 2. The smallest absolute Gasteiger partial charge is 0.374 e. The maximum atomic E-state index is 13.0. The molecular weight excluding hydrogens is 249 g/mol. The van der Waals surface area contributed by atoms with Gasteiger partial charge >= 0.3 is 6.18 Å². The molecule has 0 radical (unpaired) electrons. The second-order valence-electron chi connectivity index (χ2n) is 4.64. The topological polar surface area (TPSA) is 55.1 Å². The number of hydrogen-bond acceptors (Lipinski definition) is 3. The number of aryl methyl sites for hydroxylation is 1. The van der Waals surface area contributed by atoms with E-state index in [0.717, 1.165) is 10.8 Å². The molecule has 0 aliphatic heterocycles. The van der Waals surface area contributed by atoms with Crippen molar-refractivity contribution in [1.29, 1.82) is 0 Å². The first kappa shape index (κ1) is 13.1. The molecule has 1 N–H and O–H groups in total. The van der Waals surface area contributed by atoms with Gasteiger partial charge in [-0.3, -0.25) is 4.79 Å². The molecule has 1 fully saturated rings. The van der Waals surface area contributed by atoms with Crippen molar-refractivity contribution in [3.05, 3.63) is 18.2 Å². The lowest BCUT2D eigenvalue weighted by atomic mass is 9.93. The third kappa shape index (κ3) is 2.14. The number of halogens is 3. The van der Waals surface area contributed by atoms with Crippen molar-refractivity contribution in [3.63, 3.8) is 0 Å². The fourth-order valence-electron chi connectivity index (χ4n) is 1.87. The molecule has 0 saturated heterocycles. The van der Waals surface area contributed by atoms with E-state index < -0.39 is 29.8 Å². The molecule has 18 heavy (non-hydrogen) atoms. The van der Waals surface area contributed by atoms with Crippen LogP contribution in [-0.4, -0.2) is 26.6 Å². The summed E-state index contributed by atoms with van der Waals surface area (Å²) in [6.45, 7) is 0. The molecule has 1 aromatic rings. The van der Waals surface area contributed by atoms with E-state index >= 15 is 0 Å². The monoisotopic (exact) mass is 262 g/mol. The van der Waals surface area contributed by atoms with Gasteiger partial charge in [0.25, 0.3) is 0 Å². The van der Waals surface area contributed by atoms with Crippen LogP contribution >= 0.6 is 0 Å². The van der Waals surface area contributed by atoms with E-state index in [1.54, 1.807) is 0 Å². The number of carbonyl (C=O) groups excluding carboxylic acids is 1. The predicted molar refractivity (Wildman–Crippen MR) is 55.5 cm³/mol. The minimum Gasteiger partial charge on any atom is -0.374 e. The zero-order valence-corrected chi connectivity index (χ0v) is 9.74. The minimum atomic E-state index is -4.93. The van der Waals surface area contributed by atoms with Crippen LogP contribution < -0.4 is 0 Å². The zero-order valence-electron chi connectivity index (χ0n) is 9.74. The molecule has 0 bridgehead atoms. The van der Waals surface area contributed by atoms with Gasteiger partial charge in [0.1, 0.15) is 5.78 Å². The third-order valence-corrected chi connectivity index (χ3v) is 3.12. The summed E-state index contributed by atoms with van der Waals surface area (Å²) in [4.78, 5) is 15.1. The summed E-state index contributed by atoms with van der Waals surface area (Å²) in [7, 11) is 1.35. The first-order valence-electron chi connectivity index (χ1n) is 5.55. The molecule has 7 heteroatoms. The molecule has 1 atom stereocenters. The van der Waals surface area contributed by atoms with Crippen LogP contribution in [0.3, 0.4) is 0 Å². The van der Waals surface area contributed by atoms with Crippen molar-refractivity contribution >= 4 is 5.78 Å². The number of Topliss-reactive ketones (excluding diaryl/α,β-unsaturated/α-hetero) is 1. The Morgan fingerprint density at radius 1 is 1.56 bits per heavy atom. The van der Waals surface area contributed by atoms with Gasteiger partial charge < -0.3 is 9.67 Å². The van der Waals surface area contributed by atoms with E-state index in [4.69, 9.17) is 0 Å². The number of ketones is 1. The summed E-state index contributed by atoms with van der Waals surface area (Å²) in [5.74, 6) is -1.44. The SMILES string of the molecule is Cn1ccnc1[C@@](O)(CC(=O)C1CC1)C(F)(F)F. The molecule has 0 amide bonds. The third-order valence-electron chi connectivity index (χ3n) is 3.12. The van der Waals surface area contributed by atoms with E-state index in [1.807, 2.05) is 0 Å². The molecule has 0 unspecified atom stereocenters. The van der Waals surface area contributed by atoms with Gasteiger partial charge in [-0.15, -0.1) is 0 Å². The number of carbonyl (C=O) groups is 1. The van der Waals surface area contributed by atoms with Gasteiger partial charge in [-0.1, -0.05) is 0 Å². The van der Waals surface area contributed by atoms with Crippen LogP contribution in [0.2, 0.25) is 0 Å². The molecule has 4 nitrogen and oxygen atoms in total. The van der Waals surface area contributed by atoms with Crippen LogP contribution in [0.4, 0.5) is 13.2 Å². The van der Waals surface area contributed by atoms with Gasteiger partial charge in [0.05, 0.1) is 6.42 Å². The molecule has 1 aliphatic rings. The van der Waals surface area contributed by atoms with E-state index in [-0.39, 0.29) is 5.92 Å². The van der Waals surface area contributed by atoms with Crippen LogP contribution in [0, 0.1) is 5.92 Å². The predicted octanol–water partition coefficient (Wildman–Crippen LogP) is 1.54. The Morgan fingerprint density at radius 2 is 2.17 bits per heavy atom. The lowest BCUT2D eigenvalue weighted by Gasteiger charge is -2.29. The van der Waals surface area contributed by atoms with Crippen LogP contribution in [0.25, 0.3) is 0 Å². The highest BCUT2D eigenvalue weighted by atomic mass is 19.4. The van der Waals surface area contributed by atoms with Crippen molar-refractivity contribution in [1.82, 2.24) is 9.55 Å². The second kappa shape index (κ2) is 4.08. The van der Waals surface area contributed by atoms with E-state index in [1.165, 1.54) is 13.2 Å². The standard InChI is InChI=1S/C11H13F3N2O2/c1-16-5-4-15-9(16)10(18,11(12,13)14)6-8(17)7-2-3-7/h4-5,7,18H,2-3,6H2,1H3/t10-/m0/s1. The molecular formula is C11H13F3N2O2. The van der Waals surface area contributed by atoms with Crippen molar-refractivity contribution in [2.75, 3.05) is 0 Å². The summed E-state index contributed by atoms with van der Waals surface area (Å²) in [5.41, 5.74) is -3.20. The summed E-state index contributed by atoms with van der Waals surface area (Å²) in [6, 6.07) is 0. The molecule has 1 aliphatic carbocycles. The minimum absolute atomic E-state index is 0.334. The number of aliphatic hydroxyl groups is 1. The van der Waals surface area contributed by atoms with E-state index in [9.17, 15) is 23.1 Å². The Labute approximate surface area is 101 Å². The fraction of sp³-hybridized carbons (Fsp3) is 0.636. The highest BCUT2D eigenvalue weighted by Gasteiger charge is 2.59. The summed E-state index contributed by atoms with van der Waals surface area (Å²) in [6.07, 6.45) is -2.23. The van der Waals surface area contributed by atoms with Gasteiger partial charge in [-0.2, -0.15) is 13.2 Å². The quantitative estimate of drug-likeness (QED) is 0.895. The lowest BCUT2D eigenvalue weighted by Crippen LogP contribution is -2.46. The molecule has 1 aromatic heterocycles. The molecule has 100 valence electrons. The Bertz CT molecular complexity index is 465. The van der Waals surface area contributed by atoms with E-state index in [0.29, 0.717) is 12.8 Å². The molecule has 0 aromatic carbocycles. The van der Waals surface area contributed by atoms with Crippen molar-refractivity contribution in [2.45, 2.75) is 31.0 Å². The summed E-state index contributed by atoms with van der Waals surface area (Å²) in [5, 5.41) is 9.91. The maximum Gasteiger partial charge on any atom is 0.424 e. The largest absolute Gasteiger partial charge is 0.424 e. The highest BCUT2D eigenvalue weighted by Crippen LogP contribution is 2.43. The van der Waals surface area contributed by atoms with Gasteiger partial charge in [0.2, 0.25) is 5.60 Å². The first-order chi connectivity index (χ1) is 8.25.